The smallest absolute Gasteiger partial charge is 0.337 e. The number of rotatable bonds is 9. The van der Waals surface area contributed by atoms with Gasteiger partial charge < -0.3 is 29.5 Å². The second kappa shape index (κ2) is 11.7. The zero-order chi connectivity index (χ0) is 30.2. The number of aliphatic hydroxyl groups excluding tert-OH is 1. The lowest BCUT2D eigenvalue weighted by Gasteiger charge is -2.29. The summed E-state index contributed by atoms with van der Waals surface area (Å²) in [6, 6.07) is 13.5. The Morgan fingerprint density at radius 1 is 1.12 bits per heavy atom. The topological polar surface area (TPSA) is 129 Å². The number of ether oxygens (including phenoxy) is 1. The van der Waals surface area contributed by atoms with Gasteiger partial charge in [-0.2, -0.15) is 0 Å². The first-order valence-corrected chi connectivity index (χ1v) is 14.2. The van der Waals surface area contributed by atoms with Gasteiger partial charge in [-0.25, -0.2) is 9.78 Å². The number of carbonyl (C=O) groups is 1. The van der Waals surface area contributed by atoms with E-state index in [0.29, 0.717) is 63.0 Å². The molecular formula is C30H28Cl3N3O6. The fraction of sp³-hybridized carbons (Fsp3) is 0.300. The van der Waals surface area contributed by atoms with Crippen LogP contribution in [0.2, 0.25) is 15.1 Å². The first-order valence-electron chi connectivity index (χ1n) is 13.1. The molecule has 42 heavy (non-hydrogen) atoms. The van der Waals surface area contributed by atoms with Crippen molar-refractivity contribution in [3.63, 3.8) is 0 Å². The van der Waals surface area contributed by atoms with Gasteiger partial charge in [-0.05, 0) is 62.2 Å². The zero-order valence-electron chi connectivity index (χ0n) is 22.8. The van der Waals surface area contributed by atoms with Crippen molar-refractivity contribution in [2.75, 3.05) is 24.6 Å². The van der Waals surface area contributed by atoms with Gasteiger partial charge >= 0.3 is 5.97 Å². The molecule has 3 heterocycles. The maximum absolute atomic E-state index is 11.2. The molecule has 0 radical (unpaired) electrons. The lowest BCUT2D eigenvalue weighted by atomic mass is 9.80. The minimum atomic E-state index is -1.36. The third kappa shape index (κ3) is 5.80. The van der Waals surface area contributed by atoms with Gasteiger partial charge in [-0.1, -0.05) is 52.1 Å². The molecule has 0 aliphatic carbocycles. The molecule has 0 spiro atoms. The number of aromatic carboxylic acids is 1. The molecular weight excluding hydrogens is 605 g/mol. The predicted octanol–water partition coefficient (Wildman–Crippen LogP) is 6.34. The summed E-state index contributed by atoms with van der Waals surface area (Å²) >= 11 is 19.6. The van der Waals surface area contributed by atoms with E-state index in [2.05, 4.69) is 10.1 Å². The number of aliphatic hydroxyl groups is 2. The molecule has 0 saturated carbocycles. The number of hydrogen-bond donors (Lipinski definition) is 3. The highest BCUT2D eigenvalue weighted by atomic mass is 35.5. The van der Waals surface area contributed by atoms with E-state index in [1.54, 1.807) is 50.2 Å². The van der Waals surface area contributed by atoms with Crippen LogP contribution in [0.5, 0.6) is 5.75 Å². The molecule has 1 unspecified atom stereocenters. The van der Waals surface area contributed by atoms with Crippen molar-refractivity contribution < 1.29 is 29.4 Å². The Balaban J connectivity index is 1.38. The number of carboxylic acids is 1. The Hall–Kier alpha value is -3.34. The molecule has 9 nitrogen and oxygen atoms in total. The van der Waals surface area contributed by atoms with E-state index < -0.39 is 17.0 Å². The van der Waals surface area contributed by atoms with E-state index in [1.807, 2.05) is 11.0 Å². The maximum atomic E-state index is 11.2. The van der Waals surface area contributed by atoms with Crippen LogP contribution in [0.1, 0.15) is 47.5 Å². The second-order valence-electron chi connectivity index (χ2n) is 10.7. The summed E-state index contributed by atoms with van der Waals surface area (Å²) < 4.78 is 11.6. The van der Waals surface area contributed by atoms with Crippen molar-refractivity contribution >= 4 is 46.6 Å². The first-order chi connectivity index (χ1) is 19.9. The van der Waals surface area contributed by atoms with Gasteiger partial charge in [0.15, 0.2) is 5.76 Å². The number of carboxylic acid groups (broad SMARTS) is 1. The van der Waals surface area contributed by atoms with Gasteiger partial charge in [0.1, 0.15) is 29.5 Å². The Morgan fingerprint density at radius 3 is 2.45 bits per heavy atom. The fourth-order valence-corrected chi connectivity index (χ4v) is 6.16. The molecule has 12 heteroatoms. The van der Waals surface area contributed by atoms with E-state index in [4.69, 9.17) is 49.2 Å². The lowest BCUT2D eigenvalue weighted by molar-refractivity contribution is 0.0452. The number of hydrogen-bond acceptors (Lipinski definition) is 8. The fourth-order valence-electron chi connectivity index (χ4n) is 5.22. The van der Waals surface area contributed by atoms with Crippen molar-refractivity contribution in [1.82, 2.24) is 10.1 Å². The van der Waals surface area contributed by atoms with Crippen LogP contribution in [0, 0.1) is 0 Å². The van der Waals surface area contributed by atoms with Crippen molar-refractivity contribution in [2.24, 2.45) is 0 Å². The Labute approximate surface area is 257 Å². The number of nitrogens with zero attached hydrogens (tertiary/aromatic N) is 3. The number of aromatic nitrogens is 2. The van der Waals surface area contributed by atoms with Gasteiger partial charge in [0.05, 0.1) is 27.8 Å². The highest BCUT2D eigenvalue weighted by Gasteiger charge is 2.41. The zero-order valence-corrected chi connectivity index (χ0v) is 25.0. The molecule has 1 aliphatic rings. The van der Waals surface area contributed by atoms with Crippen LogP contribution in [-0.2, 0) is 17.6 Å². The quantitative estimate of drug-likeness (QED) is 0.194. The van der Waals surface area contributed by atoms with E-state index in [9.17, 15) is 15.0 Å². The summed E-state index contributed by atoms with van der Waals surface area (Å²) in [6.07, 6.45) is 1.93. The summed E-state index contributed by atoms with van der Waals surface area (Å²) in [4.78, 5) is 17.5. The normalized spacial score (nSPS) is 17.1. The molecule has 2 aromatic carbocycles. The Bertz CT molecular complexity index is 1600. The van der Waals surface area contributed by atoms with Crippen LogP contribution in [0.3, 0.4) is 0 Å². The molecule has 1 aliphatic heterocycles. The van der Waals surface area contributed by atoms with Gasteiger partial charge in [0.25, 0.3) is 0 Å². The monoisotopic (exact) mass is 631 g/mol. The van der Waals surface area contributed by atoms with Crippen molar-refractivity contribution in [3.8, 4) is 17.0 Å². The average molecular weight is 633 g/mol. The molecule has 3 N–H and O–H groups in total. The highest BCUT2D eigenvalue weighted by Crippen LogP contribution is 2.42. The van der Waals surface area contributed by atoms with Crippen molar-refractivity contribution in [2.45, 2.75) is 37.9 Å². The van der Waals surface area contributed by atoms with Crippen LogP contribution in [-0.4, -0.2) is 51.1 Å². The predicted molar refractivity (Wildman–Crippen MR) is 160 cm³/mol. The summed E-state index contributed by atoms with van der Waals surface area (Å²) in [5.41, 5.74) is 0.165. The van der Waals surface area contributed by atoms with Crippen LogP contribution in [0.25, 0.3) is 11.3 Å². The third-order valence-corrected chi connectivity index (χ3v) is 8.36. The van der Waals surface area contributed by atoms with Gasteiger partial charge in [0.2, 0.25) is 0 Å². The minimum Gasteiger partial charge on any atom is -0.489 e. The molecule has 1 atom stereocenters. The standard InChI is InChI=1S/C30H28Cl3N3O6/c1-29(2,40)27-19(26(35-42-27)25-21(31)4-3-5-22(25)32)14-41-18-7-8-20(23(33)12-18)30(16-37)10-11-36(15-30)24-9-6-17(13-34-24)28(38)39/h3-9,12-13,37,40H,10-11,14-16H2,1-2H3,(H,38,39). The average Bonchev–Trinajstić information content (AvgIpc) is 3.57. The highest BCUT2D eigenvalue weighted by molar-refractivity contribution is 6.39. The second-order valence-corrected chi connectivity index (χ2v) is 12.0. The van der Waals surface area contributed by atoms with E-state index in [1.165, 1.54) is 12.3 Å². The number of anilines is 1. The van der Waals surface area contributed by atoms with Gasteiger partial charge in [0, 0.05) is 35.3 Å². The van der Waals surface area contributed by atoms with E-state index in [0.717, 1.165) is 5.56 Å². The van der Waals surface area contributed by atoms with E-state index in [-0.39, 0.29) is 24.5 Å². The molecule has 220 valence electrons. The largest absolute Gasteiger partial charge is 0.489 e. The Morgan fingerprint density at radius 2 is 1.86 bits per heavy atom. The molecule has 5 rings (SSSR count). The molecule has 0 bridgehead atoms. The molecule has 1 fully saturated rings. The summed E-state index contributed by atoms with van der Waals surface area (Å²) in [5.74, 6) is 0.249. The van der Waals surface area contributed by atoms with Crippen molar-refractivity contribution in [1.29, 1.82) is 0 Å². The van der Waals surface area contributed by atoms with Gasteiger partial charge in [-0.3, -0.25) is 0 Å². The van der Waals surface area contributed by atoms with Crippen LogP contribution in [0.15, 0.2) is 59.3 Å². The minimum absolute atomic E-state index is 0.0215. The third-order valence-electron chi connectivity index (χ3n) is 7.41. The van der Waals surface area contributed by atoms with Crippen molar-refractivity contribution in [3.05, 3.63) is 92.2 Å². The van der Waals surface area contributed by atoms with E-state index >= 15 is 0 Å². The molecule has 1 saturated heterocycles. The summed E-state index contributed by atoms with van der Waals surface area (Å²) in [7, 11) is 0. The van der Waals surface area contributed by atoms with Gasteiger partial charge in [-0.15, -0.1) is 0 Å². The number of benzene rings is 2. The van der Waals surface area contributed by atoms with Crippen LogP contribution in [0.4, 0.5) is 5.82 Å². The van der Waals surface area contributed by atoms with Crippen LogP contribution < -0.4 is 9.64 Å². The molecule has 0 amide bonds. The lowest BCUT2D eigenvalue weighted by Crippen LogP contribution is -2.35. The summed E-state index contributed by atoms with van der Waals surface area (Å²) in [5, 5.41) is 35.7. The van der Waals surface area contributed by atoms with Crippen LogP contribution >= 0.6 is 34.8 Å². The summed E-state index contributed by atoms with van der Waals surface area (Å²) in [6.45, 7) is 4.04. The molecule has 4 aromatic rings. The Kier molecular flexibility index (Phi) is 8.42. The number of halogens is 3. The SMILES string of the molecule is CC(C)(O)c1onc(-c2c(Cl)cccc2Cl)c1COc1ccc(C2(CO)CCN(c3ccc(C(=O)O)cn3)C2)c(Cl)c1. The maximum Gasteiger partial charge on any atom is 0.337 e. The number of pyridine rings is 1. The first kappa shape index (κ1) is 30.1. The molecule has 2 aromatic heterocycles.